The lowest BCUT2D eigenvalue weighted by Gasteiger charge is -2.12. The number of rotatable bonds is 8. The first-order valence-corrected chi connectivity index (χ1v) is 8.73. The summed E-state index contributed by atoms with van der Waals surface area (Å²) < 4.78 is 5.71. The number of hydrogen-bond donors (Lipinski definition) is 2. The molecule has 5 nitrogen and oxygen atoms in total. The molecule has 1 aromatic carbocycles. The summed E-state index contributed by atoms with van der Waals surface area (Å²) in [5, 5.41) is 6.59. The van der Waals surface area contributed by atoms with Crippen molar-refractivity contribution in [2.45, 2.75) is 26.8 Å². The van der Waals surface area contributed by atoms with Gasteiger partial charge in [0.1, 0.15) is 5.75 Å². The third kappa shape index (κ3) is 7.25. The monoisotopic (exact) mass is 340 g/mol. The number of guanidine groups is 1. The van der Waals surface area contributed by atoms with E-state index in [1.807, 2.05) is 30.3 Å². The molecule has 25 heavy (non-hydrogen) atoms. The number of aliphatic imine (C=N–C) groups is 1. The molecular weight excluding hydrogens is 312 g/mol. The van der Waals surface area contributed by atoms with E-state index in [9.17, 15) is 0 Å². The van der Waals surface area contributed by atoms with Gasteiger partial charge in [-0.1, -0.05) is 32.0 Å². The highest BCUT2D eigenvalue weighted by Crippen LogP contribution is 2.13. The van der Waals surface area contributed by atoms with Gasteiger partial charge in [0.2, 0.25) is 0 Å². The van der Waals surface area contributed by atoms with Gasteiger partial charge >= 0.3 is 0 Å². The van der Waals surface area contributed by atoms with Crippen LogP contribution < -0.4 is 15.4 Å². The largest absolute Gasteiger partial charge is 0.493 e. The molecule has 0 atom stereocenters. The standard InChI is InChI=1S/C20H28N4O/c1-16(2)15-25-19-9-7-17(8-10-19)11-13-23-20(21-3)24-14-18-6-4-5-12-22-18/h4-10,12,16H,11,13-15H2,1-3H3,(H2,21,23,24). The molecule has 0 spiro atoms. The first-order chi connectivity index (χ1) is 12.2. The van der Waals surface area contributed by atoms with E-state index >= 15 is 0 Å². The molecule has 1 aromatic heterocycles. The van der Waals surface area contributed by atoms with Gasteiger partial charge < -0.3 is 15.4 Å². The van der Waals surface area contributed by atoms with Crippen molar-refractivity contribution in [3.05, 3.63) is 59.9 Å². The fourth-order valence-electron chi connectivity index (χ4n) is 2.24. The summed E-state index contributed by atoms with van der Waals surface area (Å²) >= 11 is 0. The summed E-state index contributed by atoms with van der Waals surface area (Å²) in [6, 6.07) is 14.2. The van der Waals surface area contributed by atoms with E-state index in [1.54, 1.807) is 13.2 Å². The van der Waals surface area contributed by atoms with Gasteiger partial charge in [0.05, 0.1) is 18.8 Å². The van der Waals surface area contributed by atoms with Crippen LogP contribution in [0.15, 0.2) is 53.7 Å². The quantitative estimate of drug-likeness (QED) is 0.573. The van der Waals surface area contributed by atoms with E-state index in [4.69, 9.17) is 4.74 Å². The van der Waals surface area contributed by atoms with Crippen molar-refractivity contribution >= 4 is 5.96 Å². The Morgan fingerprint density at radius 3 is 2.56 bits per heavy atom. The normalized spacial score (nSPS) is 11.4. The number of aromatic nitrogens is 1. The van der Waals surface area contributed by atoms with E-state index in [0.717, 1.165) is 37.0 Å². The van der Waals surface area contributed by atoms with Crippen LogP contribution in [0.5, 0.6) is 5.75 Å². The van der Waals surface area contributed by atoms with Crippen molar-refractivity contribution in [1.29, 1.82) is 0 Å². The summed E-state index contributed by atoms with van der Waals surface area (Å²) in [7, 11) is 1.77. The van der Waals surface area contributed by atoms with E-state index in [2.05, 4.69) is 46.6 Å². The van der Waals surface area contributed by atoms with Crippen LogP contribution in [0.1, 0.15) is 25.1 Å². The smallest absolute Gasteiger partial charge is 0.191 e. The van der Waals surface area contributed by atoms with Gasteiger partial charge in [0.15, 0.2) is 5.96 Å². The van der Waals surface area contributed by atoms with Gasteiger partial charge in [-0.15, -0.1) is 0 Å². The SMILES string of the molecule is CN=C(NCCc1ccc(OCC(C)C)cc1)NCc1ccccn1. The average Bonchev–Trinajstić information content (AvgIpc) is 2.64. The van der Waals surface area contributed by atoms with E-state index < -0.39 is 0 Å². The minimum absolute atomic E-state index is 0.536. The minimum atomic E-state index is 0.536. The van der Waals surface area contributed by atoms with Gasteiger partial charge in [-0.05, 0) is 42.2 Å². The first kappa shape index (κ1) is 18.8. The Hall–Kier alpha value is -2.56. The lowest BCUT2D eigenvalue weighted by Crippen LogP contribution is -2.38. The van der Waals surface area contributed by atoms with Crippen LogP contribution in [-0.2, 0) is 13.0 Å². The number of pyridine rings is 1. The molecule has 0 radical (unpaired) electrons. The highest BCUT2D eigenvalue weighted by Gasteiger charge is 2.01. The Morgan fingerprint density at radius 1 is 1.12 bits per heavy atom. The Labute approximate surface area is 150 Å². The zero-order valence-electron chi connectivity index (χ0n) is 15.3. The molecule has 0 amide bonds. The van der Waals surface area contributed by atoms with Crippen LogP contribution >= 0.6 is 0 Å². The van der Waals surface area contributed by atoms with Gasteiger partial charge in [0, 0.05) is 19.8 Å². The summed E-state index contributed by atoms with van der Waals surface area (Å²) in [4.78, 5) is 8.53. The Bertz CT molecular complexity index is 639. The summed E-state index contributed by atoms with van der Waals surface area (Å²) in [6.45, 7) is 6.51. The molecule has 0 aliphatic rings. The number of nitrogens with one attached hydrogen (secondary N) is 2. The average molecular weight is 340 g/mol. The second kappa shape index (κ2) is 10.3. The Morgan fingerprint density at radius 2 is 1.92 bits per heavy atom. The molecule has 134 valence electrons. The predicted molar refractivity (Wildman–Crippen MR) is 103 cm³/mol. The second-order valence-corrected chi connectivity index (χ2v) is 6.27. The van der Waals surface area contributed by atoms with Crippen LogP contribution in [0.2, 0.25) is 0 Å². The highest BCUT2D eigenvalue weighted by atomic mass is 16.5. The van der Waals surface area contributed by atoms with E-state index in [0.29, 0.717) is 12.5 Å². The third-order valence-electron chi connectivity index (χ3n) is 3.60. The molecule has 0 saturated heterocycles. The zero-order valence-corrected chi connectivity index (χ0v) is 15.3. The van der Waals surface area contributed by atoms with Crippen LogP contribution in [0.25, 0.3) is 0 Å². The minimum Gasteiger partial charge on any atom is -0.493 e. The first-order valence-electron chi connectivity index (χ1n) is 8.73. The maximum Gasteiger partial charge on any atom is 0.191 e. The maximum atomic E-state index is 5.71. The molecule has 2 rings (SSSR count). The van der Waals surface area contributed by atoms with Gasteiger partial charge in [-0.25, -0.2) is 0 Å². The van der Waals surface area contributed by atoms with Crippen molar-refractivity contribution in [2.75, 3.05) is 20.2 Å². The van der Waals surface area contributed by atoms with E-state index in [1.165, 1.54) is 5.56 Å². The summed E-state index contributed by atoms with van der Waals surface area (Å²) in [5.74, 6) is 2.25. The Kier molecular flexibility index (Phi) is 7.76. The molecule has 0 saturated carbocycles. The number of benzene rings is 1. The summed E-state index contributed by atoms with van der Waals surface area (Å²) in [6.07, 6.45) is 2.72. The van der Waals surface area contributed by atoms with Gasteiger partial charge in [-0.3, -0.25) is 9.98 Å². The molecule has 0 fully saturated rings. The van der Waals surface area contributed by atoms with Crippen molar-refractivity contribution in [3.8, 4) is 5.75 Å². The third-order valence-corrected chi connectivity index (χ3v) is 3.60. The molecule has 1 heterocycles. The Balaban J connectivity index is 1.71. The maximum absolute atomic E-state index is 5.71. The topological polar surface area (TPSA) is 58.5 Å². The predicted octanol–water partition coefficient (Wildman–Crippen LogP) is 3.02. The van der Waals surface area contributed by atoms with Crippen molar-refractivity contribution in [2.24, 2.45) is 10.9 Å². The van der Waals surface area contributed by atoms with E-state index in [-0.39, 0.29) is 0 Å². The van der Waals surface area contributed by atoms with Gasteiger partial charge in [0.25, 0.3) is 0 Å². The van der Waals surface area contributed by atoms with Crippen LogP contribution in [0.4, 0.5) is 0 Å². The van der Waals surface area contributed by atoms with Crippen molar-refractivity contribution in [1.82, 2.24) is 15.6 Å². The van der Waals surface area contributed by atoms with Crippen molar-refractivity contribution in [3.63, 3.8) is 0 Å². The second-order valence-electron chi connectivity index (χ2n) is 6.27. The molecular formula is C20H28N4O. The molecule has 0 aliphatic carbocycles. The van der Waals surface area contributed by atoms with Gasteiger partial charge in [-0.2, -0.15) is 0 Å². The number of ether oxygens (including phenoxy) is 1. The molecule has 2 aromatic rings. The molecule has 5 heteroatoms. The lowest BCUT2D eigenvalue weighted by molar-refractivity contribution is 0.271. The van der Waals surface area contributed by atoms with Crippen molar-refractivity contribution < 1.29 is 4.74 Å². The highest BCUT2D eigenvalue weighted by molar-refractivity contribution is 5.79. The molecule has 0 unspecified atom stereocenters. The molecule has 0 bridgehead atoms. The number of nitrogens with zero attached hydrogens (tertiary/aromatic N) is 2. The van der Waals surface area contributed by atoms with Crippen LogP contribution in [0, 0.1) is 5.92 Å². The lowest BCUT2D eigenvalue weighted by atomic mass is 10.1. The van der Waals surface area contributed by atoms with Crippen LogP contribution in [-0.4, -0.2) is 31.1 Å². The molecule has 0 aliphatic heterocycles. The molecule has 2 N–H and O–H groups in total. The summed E-state index contributed by atoms with van der Waals surface area (Å²) in [5.41, 5.74) is 2.26. The number of hydrogen-bond acceptors (Lipinski definition) is 3. The fraction of sp³-hybridized carbons (Fsp3) is 0.400. The fourth-order valence-corrected chi connectivity index (χ4v) is 2.24. The van der Waals surface area contributed by atoms with Crippen LogP contribution in [0.3, 0.4) is 0 Å². The zero-order chi connectivity index (χ0) is 17.9.